The summed E-state index contributed by atoms with van der Waals surface area (Å²) >= 11 is 0. The van der Waals surface area contributed by atoms with Gasteiger partial charge in [0.05, 0.1) is 28.3 Å². The van der Waals surface area contributed by atoms with Crippen LogP contribution < -0.4 is 14.4 Å². The molecule has 0 bridgehead atoms. The topological polar surface area (TPSA) is 156 Å². The van der Waals surface area contributed by atoms with Crippen LogP contribution in [0, 0.1) is 10.1 Å². The average Bonchev–Trinajstić information content (AvgIpc) is 2.86. The standard InChI is InChI=1S/C23H30N4O8S2/c1-18(26(36(2,31)32)19-7-6-8-20(17-19)27(29)30)23(28)24-13-16-35-21-9-11-22(12-10-21)37(33,34)25-14-4-3-5-15-25/h6-12,17-18H,3-5,13-16H2,1-2H3,(H,24,28)/t18-/m1/s1. The van der Waals surface area contributed by atoms with Crippen LogP contribution in [-0.2, 0) is 24.8 Å². The van der Waals surface area contributed by atoms with Gasteiger partial charge in [-0.15, -0.1) is 0 Å². The Morgan fingerprint density at radius 1 is 1.11 bits per heavy atom. The molecule has 0 unspecified atom stereocenters. The lowest BCUT2D eigenvalue weighted by Crippen LogP contribution is -2.48. The third-order valence-corrected chi connectivity index (χ3v) is 8.98. The monoisotopic (exact) mass is 554 g/mol. The molecule has 202 valence electrons. The number of carbonyl (C=O) groups excluding carboxylic acids is 1. The maximum atomic E-state index is 12.7. The number of benzene rings is 2. The van der Waals surface area contributed by atoms with Crippen LogP contribution in [0.2, 0.25) is 0 Å². The SMILES string of the molecule is C[C@H](C(=O)NCCOc1ccc(S(=O)(=O)N2CCCCC2)cc1)N(c1cccc([N+](=O)[O-])c1)S(C)(=O)=O. The van der Waals surface area contributed by atoms with Gasteiger partial charge in [0.1, 0.15) is 18.4 Å². The summed E-state index contributed by atoms with van der Waals surface area (Å²) in [6, 6.07) is 9.86. The van der Waals surface area contributed by atoms with Crippen molar-refractivity contribution >= 4 is 37.3 Å². The molecule has 1 heterocycles. The van der Waals surface area contributed by atoms with Gasteiger partial charge in [-0.1, -0.05) is 12.5 Å². The van der Waals surface area contributed by atoms with E-state index in [4.69, 9.17) is 4.74 Å². The van der Waals surface area contributed by atoms with Crippen molar-refractivity contribution in [2.75, 3.05) is 36.8 Å². The molecule has 1 fully saturated rings. The molecule has 2 aromatic rings. The fraction of sp³-hybridized carbons (Fsp3) is 0.435. The lowest BCUT2D eigenvalue weighted by Gasteiger charge is -2.28. The molecule has 0 radical (unpaired) electrons. The first kappa shape index (κ1) is 28.3. The molecule has 3 rings (SSSR count). The van der Waals surface area contributed by atoms with Crippen molar-refractivity contribution in [1.29, 1.82) is 0 Å². The summed E-state index contributed by atoms with van der Waals surface area (Å²) in [5.74, 6) is -0.210. The summed E-state index contributed by atoms with van der Waals surface area (Å²) < 4.78 is 58.1. The number of hydrogen-bond donors (Lipinski definition) is 1. The van der Waals surface area contributed by atoms with Crippen LogP contribution in [0.1, 0.15) is 26.2 Å². The van der Waals surface area contributed by atoms with Crippen LogP contribution >= 0.6 is 0 Å². The van der Waals surface area contributed by atoms with Crippen molar-refractivity contribution in [3.05, 3.63) is 58.6 Å². The number of hydrogen-bond acceptors (Lipinski definition) is 8. The molecule has 2 aromatic carbocycles. The summed E-state index contributed by atoms with van der Waals surface area (Å²) in [5.41, 5.74) is -0.308. The molecule has 37 heavy (non-hydrogen) atoms. The minimum Gasteiger partial charge on any atom is -0.492 e. The van der Waals surface area contributed by atoms with Crippen LogP contribution in [0.15, 0.2) is 53.4 Å². The highest BCUT2D eigenvalue weighted by molar-refractivity contribution is 7.92. The van der Waals surface area contributed by atoms with E-state index in [9.17, 15) is 31.7 Å². The van der Waals surface area contributed by atoms with E-state index in [1.807, 2.05) is 0 Å². The predicted octanol–water partition coefficient (Wildman–Crippen LogP) is 2.12. The van der Waals surface area contributed by atoms with Gasteiger partial charge in [0.25, 0.3) is 5.69 Å². The van der Waals surface area contributed by atoms with Gasteiger partial charge in [0.15, 0.2) is 0 Å². The Hall–Kier alpha value is -3.23. The van der Waals surface area contributed by atoms with E-state index in [-0.39, 0.29) is 29.4 Å². The molecular weight excluding hydrogens is 524 g/mol. The highest BCUT2D eigenvalue weighted by Crippen LogP contribution is 2.25. The molecule has 0 aliphatic carbocycles. The molecule has 0 saturated carbocycles. The number of ether oxygens (including phenoxy) is 1. The first-order valence-electron chi connectivity index (χ1n) is 11.7. The molecule has 14 heteroatoms. The number of rotatable bonds is 11. The maximum Gasteiger partial charge on any atom is 0.271 e. The first-order chi connectivity index (χ1) is 17.4. The highest BCUT2D eigenvalue weighted by atomic mass is 32.2. The number of sulfonamides is 2. The zero-order valence-corrected chi connectivity index (χ0v) is 22.2. The third-order valence-electron chi connectivity index (χ3n) is 5.83. The van der Waals surface area contributed by atoms with Gasteiger partial charge in [-0.05, 0) is 50.1 Å². The Bertz CT molecular complexity index is 1320. The van der Waals surface area contributed by atoms with E-state index in [1.165, 1.54) is 53.7 Å². The Labute approximate surface area is 216 Å². The number of nitrogens with zero attached hydrogens (tertiary/aromatic N) is 3. The summed E-state index contributed by atoms with van der Waals surface area (Å²) in [7, 11) is -7.48. The second-order valence-corrected chi connectivity index (χ2v) is 12.4. The number of anilines is 1. The lowest BCUT2D eigenvalue weighted by atomic mass is 10.2. The normalized spacial score (nSPS) is 15.5. The van der Waals surface area contributed by atoms with Gasteiger partial charge in [-0.3, -0.25) is 19.2 Å². The van der Waals surface area contributed by atoms with Gasteiger partial charge >= 0.3 is 0 Å². The van der Waals surface area contributed by atoms with E-state index in [2.05, 4.69) is 5.32 Å². The van der Waals surface area contributed by atoms with Gasteiger partial charge in [-0.2, -0.15) is 4.31 Å². The minimum absolute atomic E-state index is 0.00445. The average molecular weight is 555 g/mol. The second kappa shape index (κ2) is 11.9. The molecule has 0 aromatic heterocycles. The van der Waals surface area contributed by atoms with E-state index >= 15 is 0 Å². The molecule has 12 nitrogen and oxygen atoms in total. The smallest absolute Gasteiger partial charge is 0.271 e. The largest absolute Gasteiger partial charge is 0.492 e. The van der Waals surface area contributed by atoms with E-state index < -0.39 is 36.9 Å². The summed E-state index contributed by atoms with van der Waals surface area (Å²) in [5, 5.41) is 13.7. The Balaban J connectivity index is 1.56. The van der Waals surface area contributed by atoms with Gasteiger partial charge in [0, 0.05) is 25.2 Å². The molecule has 1 amide bonds. The van der Waals surface area contributed by atoms with Crippen LogP contribution in [0.5, 0.6) is 5.75 Å². The van der Waals surface area contributed by atoms with E-state index in [0.29, 0.717) is 18.8 Å². The highest BCUT2D eigenvalue weighted by Gasteiger charge is 2.30. The van der Waals surface area contributed by atoms with Crippen LogP contribution in [-0.4, -0.2) is 70.5 Å². The maximum absolute atomic E-state index is 12.7. The molecule has 1 atom stereocenters. The summed E-state index contributed by atoms with van der Waals surface area (Å²) in [6.45, 7) is 2.49. The Morgan fingerprint density at radius 3 is 2.35 bits per heavy atom. The van der Waals surface area contributed by atoms with Crippen molar-refractivity contribution in [1.82, 2.24) is 9.62 Å². The summed E-state index contributed by atoms with van der Waals surface area (Å²) in [4.78, 5) is 23.3. The van der Waals surface area contributed by atoms with Crippen LogP contribution in [0.3, 0.4) is 0 Å². The van der Waals surface area contributed by atoms with Gasteiger partial charge < -0.3 is 10.1 Å². The van der Waals surface area contributed by atoms with Crippen molar-refractivity contribution in [3.8, 4) is 5.75 Å². The van der Waals surface area contributed by atoms with Crippen molar-refractivity contribution in [3.63, 3.8) is 0 Å². The Kier molecular flexibility index (Phi) is 9.10. The quantitative estimate of drug-likeness (QED) is 0.251. The molecule has 1 aliphatic heterocycles. The number of non-ortho nitro benzene ring substituents is 1. The van der Waals surface area contributed by atoms with Crippen molar-refractivity contribution in [2.45, 2.75) is 37.1 Å². The van der Waals surface area contributed by atoms with Gasteiger partial charge in [-0.25, -0.2) is 16.8 Å². The fourth-order valence-corrected chi connectivity index (χ4v) is 6.69. The molecule has 1 N–H and O–H groups in total. The predicted molar refractivity (Wildman–Crippen MR) is 137 cm³/mol. The number of nitro groups is 1. The fourth-order valence-electron chi connectivity index (χ4n) is 4.01. The number of amides is 1. The molecular formula is C23H30N4O8S2. The molecule has 1 aliphatic rings. The zero-order valence-electron chi connectivity index (χ0n) is 20.6. The number of carbonyl (C=O) groups is 1. The molecule has 0 spiro atoms. The number of nitrogens with one attached hydrogen (secondary N) is 1. The molecule has 1 saturated heterocycles. The zero-order chi connectivity index (χ0) is 27.2. The number of nitro benzene ring substituents is 1. The van der Waals surface area contributed by atoms with Crippen LogP contribution in [0.4, 0.5) is 11.4 Å². The Morgan fingerprint density at radius 2 is 1.76 bits per heavy atom. The van der Waals surface area contributed by atoms with Crippen LogP contribution in [0.25, 0.3) is 0 Å². The third kappa shape index (κ3) is 7.17. The van der Waals surface area contributed by atoms with Crippen molar-refractivity contribution in [2.24, 2.45) is 0 Å². The van der Waals surface area contributed by atoms with Gasteiger partial charge in [0.2, 0.25) is 26.0 Å². The first-order valence-corrected chi connectivity index (χ1v) is 14.9. The van der Waals surface area contributed by atoms with Crippen molar-refractivity contribution < 1.29 is 31.3 Å². The number of piperidine rings is 1. The van der Waals surface area contributed by atoms with E-state index in [0.717, 1.165) is 35.9 Å². The summed E-state index contributed by atoms with van der Waals surface area (Å²) in [6.07, 6.45) is 3.62. The second-order valence-electron chi connectivity index (χ2n) is 8.59. The minimum atomic E-state index is -3.94. The van der Waals surface area contributed by atoms with E-state index in [1.54, 1.807) is 0 Å². The lowest BCUT2D eigenvalue weighted by molar-refractivity contribution is -0.384.